The summed E-state index contributed by atoms with van der Waals surface area (Å²) in [6, 6.07) is 12.6. The second-order valence-electron chi connectivity index (χ2n) is 5.25. The number of fused-ring (bicyclic) bond motifs is 1. The molecule has 6 heteroatoms. The summed E-state index contributed by atoms with van der Waals surface area (Å²) in [5.74, 6) is 0.991. The molecule has 0 aliphatic rings. The second-order valence-corrected chi connectivity index (χ2v) is 5.25. The fourth-order valence-electron chi connectivity index (χ4n) is 2.61. The number of esters is 1. The number of carbonyl (C=O) groups is 1. The number of ether oxygens (including phenoxy) is 3. The number of pyridine rings is 1. The van der Waals surface area contributed by atoms with Gasteiger partial charge < -0.3 is 19.5 Å². The van der Waals surface area contributed by atoms with Crippen LogP contribution in [0.3, 0.4) is 0 Å². The molecule has 0 saturated carbocycles. The zero-order valence-electron chi connectivity index (χ0n) is 14.2. The van der Waals surface area contributed by atoms with Gasteiger partial charge in [-0.1, -0.05) is 0 Å². The monoisotopic (exact) mass is 338 g/mol. The molecule has 1 aromatic heterocycles. The predicted molar refractivity (Wildman–Crippen MR) is 95.9 cm³/mol. The fraction of sp³-hybridized carbons (Fsp3) is 0.158. The van der Waals surface area contributed by atoms with Crippen LogP contribution in [0.1, 0.15) is 10.4 Å². The Labute approximate surface area is 145 Å². The van der Waals surface area contributed by atoms with Crippen LogP contribution in [0.15, 0.2) is 48.7 Å². The molecule has 2 aromatic carbocycles. The number of methoxy groups -OCH3 is 3. The highest BCUT2D eigenvalue weighted by Crippen LogP contribution is 2.37. The lowest BCUT2D eigenvalue weighted by Gasteiger charge is -2.14. The van der Waals surface area contributed by atoms with E-state index in [4.69, 9.17) is 14.2 Å². The van der Waals surface area contributed by atoms with Crippen molar-refractivity contribution in [2.75, 3.05) is 26.6 Å². The molecule has 0 unspecified atom stereocenters. The predicted octanol–water partition coefficient (Wildman–Crippen LogP) is 3.78. The Hall–Kier alpha value is -3.28. The normalized spacial score (nSPS) is 10.4. The van der Waals surface area contributed by atoms with Crippen LogP contribution in [0, 0.1) is 0 Å². The first-order valence-corrected chi connectivity index (χ1v) is 7.63. The maximum Gasteiger partial charge on any atom is 0.337 e. The molecule has 0 fully saturated rings. The largest absolute Gasteiger partial charge is 0.496 e. The van der Waals surface area contributed by atoms with Crippen molar-refractivity contribution < 1.29 is 19.0 Å². The van der Waals surface area contributed by atoms with E-state index in [0.29, 0.717) is 22.6 Å². The first kappa shape index (κ1) is 16.6. The maximum absolute atomic E-state index is 11.5. The minimum Gasteiger partial charge on any atom is -0.496 e. The minimum atomic E-state index is -0.368. The molecule has 0 spiro atoms. The first-order valence-electron chi connectivity index (χ1n) is 7.63. The average Bonchev–Trinajstić information content (AvgIpc) is 2.67. The molecule has 0 atom stereocenters. The zero-order chi connectivity index (χ0) is 17.8. The highest BCUT2D eigenvalue weighted by atomic mass is 16.5. The molecule has 0 saturated heterocycles. The number of hydrogen-bond acceptors (Lipinski definition) is 6. The summed E-state index contributed by atoms with van der Waals surface area (Å²) in [7, 11) is 4.58. The number of benzene rings is 2. The van der Waals surface area contributed by atoms with Crippen molar-refractivity contribution in [2.45, 2.75) is 0 Å². The molecule has 0 bridgehead atoms. The van der Waals surface area contributed by atoms with Crippen LogP contribution < -0.4 is 14.8 Å². The number of aromatic nitrogens is 1. The third-order valence-electron chi connectivity index (χ3n) is 3.84. The molecule has 128 valence electrons. The second kappa shape index (κ2) is 7.09. The lowest BCUT2D eigenvalue weighted by atomic mass is 10.1. The Balaban J connectivity index is 2.03. The standard InChI is InChI=1S/C19H18N2O4/c1-23-15-8-9-16(24-2)18-17(15)14(10-11-20-18)21-13-6-4-12(5-7-13)19(22)25-3/h4-11H,1-3H3,(H,20,21). The van der Waals surface area contributed by atoms with Gasteiger partial charge in [0, 0.05) is 11.9 Å². The molecule has 0 aliphatic heterocycles. The Morgan fingerprint density at radius 2 is 1.60 bits per heavy atom. The van der Waals surface area contributed by atoms with Crippen LogP contribution in [0.25, 0.3) is 10.9 Å². The van der Waals surface area contributed by atoms with Crippen molar-refractivity contribution in [3.63, 3.8) is 0 Å². The Bertz CT molecular complexity index is 907. The van der Waals surface area contributed by atoms with Crippen molar-refractivity contribution in [1.29, 1.82) is 0 Å². The average molecular weight is 338 g/mol. The summed E-state index contributed by atoms with van der Waals surface area (Å²) in [4.78, 5) is 15.9. The van der Waals surface area contributed by atoms with Gasteiger partial charge in [0.2, 0.25) is 0 Å². The Morgan fingerprint density at radius 3 is 2.24 bits per heavy atom. The van der Waals surface area contributed by atoms with Gasteiger partial charge in [-0.15, -0.1) is 0 Å². The molecule has 6 nitrogen and oxygen atoms in total. The summed E-state index contributed by atoms with van der Waals surface area (Å²) in [5, 5.41) is 4.15. The van der Waals surface area contributed by atoms with E-state index in [1.165, 1.54) is 7.11 Å². The SMILES string of the molecule is COC(=O)c1ccc(Nc2ccnc3c(OC)ccc(OC)c23)cc1. The quantitative estimate of drug-likeness (QED) is 0.714. The van der Waals surface area contributed by atoms with Crippen molar-refractivity contribution in [2.24, 2.45) is 0 Å². The molecule has 1 N–H and O–H groups in total. The summed E-state index contributed by atoms with van der Waals surface area (Å²) < 4.78 is 15.6. The Kier molecular flexibility index (Phi) is 4.70. The van der Waals surface area contributed by atoms with E-state index in [9.17, 15) is 4.79 Å². The summed E-state index contributed by atoms with van der Waals surface area (Å²) in [5.41, 5.74) is 2.85. The van der Waals surface area contributed by atoms with E-state index in [0.717, 1.165) is 16.8 Å². The third kappa shape index (κ3) is 3.19. The fourth-order valence-corrected chi connectivity index (χ4v) is 2.61. The molecule has 1 heterocycles. The highest BCUT2D eigenvalue weighted by molar-refractivity contribution is 6.00. The Morgan fingerprint density at radius 1 is 0.920 bits per heavy atom. The van der Waals surface area contributed by atoms with Crippen LogP contribution >= 0.6 is 0 Å². The van der Waals surface area contributed by atoms with E-state index in [1.807, 2.05) is 30.3 Å². The summed E-state index contributed by atoms with van der Waals surface area (Å²) in [6.07, 6.45) is 1.70. The van der Waals surface area contributed by atoms with Gasteiger partial charge in [-0.2, -0.15) is 0 Å². The third-order valence-corrected chi connectivity index (χ3v) is 3.84. The van der Waals surface area contributed by atoms with E-state index in [2.05, 4.69) is 10.3 Å². The highest BCUT2D eigenvalue weighted by Gasteiger charge is 2.13. The number of rotatable bonds is 5. The maximum atomic E-state index is 11.5. The number of hydrogen-bond donors (Lipinski definition) is 1. The van der Waals surface area contributed by atoms with Gasteiger partial charge in [-0.05, 0) is 42.5 Å². The van der Waals surface area contributed by atoms with E-state index < -0.39 is 0 Å². The van der Waals surface area contributed by atoms with Crippen molar-refractivity contribution in [1.82, 2.24) is 4.98 Å². The smallest absolute Gasteiger partial charge is 0.337 e. The molecule has 0 aliphatic carbocycles. The summed E-state index contributed by atoms with van der Waals surface area (Å²) in [6.45, 7) is 0. The summed E-state index contributed by atoms with van der Waals surface area (Å²) >= 11 is 0. The number of nitrogens with one attached hydrogen (secondary N) is 1. The number of nitrogens with zero attached hydrogens (tertiary/aromatic N) is 1. The van der Waals surface area contributed by atoms with Crippen LogP contribution in [-0.4, -0.2) is 32.3 Å². The van der Waals surface area contributed by atoms with Crippen molar-refractivity contribution in [3.05, 3.63) is 54.2 Å². The van der Waals surface area contributed by atoms with Gasteiger partial charge >= 0.3 is 5.97 Å². The van der Waals surface area contributed by atoms with E-state index >= 15 is 0 Å². The number of carbonyl (C=O) groups excluding carboxylic acids is 1. The molecule has 0 radical (unpaired) electrons. The number of anilines is 2. The van der Waals surface area contributed by atoms with Gasteiger partial charge in [0.15, 0.2) is 0 Å². The molecular weight excluding hydrogens is 320 g/mol. The topological polar surface area (TPSA) is 69.7 Å². The first-order chi connectivity index (χ1) is 12.2. The van der Waals surface area contributed by atoms with E-state index in [-0.39, 0.29) is 5.97 Å². The van der Waals surface area contributed by atoms with Gasteiger partial charge in [0.05, 0.1) is 38.0 Å². The van der Waals surface area contributed by atoms with Crippen LogP contribution in [0.4, 0.5) is 11.4 Å². The lowest BCUT2D eigenvalue weighted by Crippen LogP contribution is -2.01. The molecule has 3 aromatic rings. The minimum absolute atomic E-state index is 0.368. The lowest BCUT2D eigenvalue weighted by molar-refractivity contribution is 0.0601. The zero-order valence-corrected chi connectivity index (χ0v) is 14.2. The van der Waals surface area contributed by atoms with Crippen molar-refractivity contribution >= 4 is 28.2 Å². The molecular formula is C19H18N2O4. The van der Waals surface area contributed by atoms with Gasteiger partial charge in [0.1, 0.15) is 17.0 Å². The molecule has 3 rings (SSSR count). The van der Waals surface area contributed by atoms with Gasteiger partial charge in [0.25, 0.3) is 0 Å². The van der Waals surface area contributed by atoms with E-state index in [1.54, 1.807) is 32.5 Å². The van der Waals surface area contributed by atoms with Crippen molar-refractivity contribution in [3.8, 4) is 11.5 Å². The molecule has 0 amide bonds. The van der Waals surface area contributed by atoms with Crippen LogP contribution in [0.2, 0.25) is 0 Å². The van der Waals surface area contributed by atoms with Crippen LogP contribution in [-0.2, 0) is 4.74 Å². The van der Waals surface area contributed by atoms with Gasteiger partial charge in [-0.25, -0.2) is 4.79 Å². The molecule has 25 heavy (non-hydrogen) atoms. The van der Waals surface area contributed by atoms with Crippen LogP contribution in [0.5, 0.6) is 11.5 Å². The van der Waals surface area contributed by atoms with Gasteiger partial charge in [-0.3, -0.25) is 4.98 Å².